The lowest BCUT2D eigenvalue weighted by atomic mass is 10.0. The van der Waals surface area contributed by atoms with Crippen LogP contribution in [-0.2, 0) is 0 Å². The van der Waals surface area contributed by atoms with Crippen molar-refractivity contribution in [2.75, 3.05) is 0 Å². The van der Waals surface area contributed by atoms with Gasteiger partial charge in [-0.05, 0) is 56.2 Å². The average Bonchev–Trinajstić information content (AvgIpc) is 2.52. The van der Waals surface area contributed by atoms with Crippen LogP contribution in [0.1, 0.15) is 26.5 Å². The highest BCUT2D eigenvalue weighted by Crippen LogP contribution is 2.16. The molecule has 0 radical (unpaired) electrons. The van der Waals surface area contributed by atoms with Crippen LogP contribution in [0.4, 0.5) is 0 Å². The van der Waals surface area contributed by atoms with Gasteiger partial charge in [0.05, 0.1) is 5.69 Å². The Bertz CT molecular complexity index is 600. The summed E-state index contributed by atoms with van der Waals surface area (Å²) in [4.78, 5) is 8.81. The molecule has 1 aromatic heterocycles. The fourth-order valence-electron chi connectivity index (χ4n) is 1.75. The Kier molecular flexibility index (Phi) is 7.44. The number of pyridine rings is 1. The summed E-state index contributed by atoms with van der Waals surface area (Å²) in [6.45, 7) is 9.64. The Morgan fingerprint density at radius 3 is 2.67 bits per heavy atom. The van der Waals surface area contributed by atoms with Gasteiger partial charge >= 0.3 is 0 Å². The van der Waals surface area contributed by atoms with E-state index in [0.717, 1.165) is 22.6 Å². The second-order valence-electron chi connectivity index (χ2n) is 4.35. The second-order valence-corrected chi connectivity index (χ2v) is 4.35. The van der Waals surface area contributed by atoms with Crippen LogP contribution in [0, 0.1) is 0 Å². The van der Waals surface area contributed by atoms with Crippen molar-refractivity contribution < 1.29 is 0 Å². The highest BCUT2D eigenvalue weighted by Gasteiger charge is 2.02. The molecule has 2 heteroatoms. The smallest absolute Gasteiger partial charge is 0.0698 e. The fourth-order valence-corrected chi connectivity index (χ4v) is 1.75. The number of aromatic nitrogens is 1. The van der Waals surface area contributed by atoms with Crippen molar-refractivity contribution in [1.29, 1.82) is 0 Å². The lowest BCUT2D eigenvalue weighted by Gasteiger charge is -2.05. The minimum Gasteiger partial charge on any atom is -0.261 e. The average molecular weight is 278 g/mol. The molecule has 0 spiro atoms. The van der Waals surface area contributed by atoms with E-state index in [0.29, 0.717) is 0 Å². The molecule has 1 heterocycles. The monoisotopic (exact) mass is 278 g/mol. The quantitative estimate of drug-likeness (QED) is 0.522. The van der Waals surface area contributed by atoms with E-state index >= 15 is 0 Å². The second kappa shape index (κ2) is 9.43. The number of hydrogen-bond donors (Lipinski definition) is 0. The van der Waals surface area contributed by atoms with Crippen LogP contribution >= 0.6 is 0 Å². The van der Waals surface area contributed by atoms with Crippen LogP contribution in [0.3, 0.4) is 0 Å². The summed E-state index contributed by atoms with van der Waals surface area (Å²) in [5.41, 5.74) is 4.04. The maximum Gasteiger partial charge on any atom is 0.0698 e. The van der Waals surface area contributed by atoms with Crippen molar-refractivity contribution in [2.24, 2.45) is 4.99 Å². The van der Waals surface area contributed by atoms with Crippen LogP contribution in [0.2, 0.25) is 0 Å². The maximum atomic E-state index is 4.41. The first-order chi connectivity index (χ1) is 10.2. The van der Waals surface area contributed by atoms with E-state index in [1.807, 2.05) is 57.2 Å². The zero-order valence-corrected chi connectivity index (χ0v) is 13.0. The predicted octanol–water partition coefficient (Wildman–Crippen LogP) is 5.15. The first-order valence-corrected chi connectivity index (χ1v) is 6.97. The molecule has 1 rings (SSSR count). The van der Waals surface area contributed by atoms with Crippen molar-refractivity contribution in [1.82, 2.24) is 4.98 Å². The van der Waals surface area contributed by atoms with Gasteiger partial charge in [0.1, 0.15) is 0 Å². The molecule has 0 saturated carbocycles. The number of allylic oxidation sites excluding steroid dienone is 8. The normalized spacial score (nSPS) is 14.1. The molecule has 0 aliphatic carbocycles. The highest BCUT2D eigenvalue weighted by molar-refractivity contribution is 6.03. The minimum atomic E-state index is 0.946. The standard InChI is InChI=1S/C19H22N2/c1-5-8-13-20-16(4)18(11-6-2)15-17(7-3)19-12-9-10-14-21-19/h5-15H,1H2,2-4H3/b11-6-,13-8-,17-7+,18-15+,20-16-. The summed E-state index contributed by atoms with van der Waals surface area (Å²) >= 11 is 0. The molecule has 0 aliphatic heterocycles. The Labute approximate surface area is 127 Å². The molecule has 0 atom stereocenters. The lowest BCUT2D eigenvalue weighted by molar-refractivity contribution is 1.28. The predicted molar refractivity (Wildman–Crippen MR) is 93.2 cm³/mol. The zero-order valence-electron chi connectivity index (χ0n) is 13.0. The van der Waals surface area contributed by atoms with E-state index in [4.69, 9.17) is 0 Å². The molecular formula is C19H22N2. The third-order valence-corrected chi connectivity index (χ3v) is 2.84. The summed E-state index contributed by atoms with van der Waals surface area (Å²) in [5, 5.41) is 0. The van der Waals surface area contributed by atoms with Gasteiger partial charge in [0, 0.05) is 18.1 Å². The third kappa shape index (κ3) is 5.57. The molecule has 0 unspecified atom stereocenters. The Morgan fingerprint density at radius 2 is 2.10 bits per heavy atom. The molecule has 0 fully saturated rings. The lowest BCUT2D eigenvalue weighted by Crippen LogP contribution is -1.96. The first-order valence-electron chi connectivity index (χ1n) is 6.97. The highest BCUT2D eigenvalue weighted by atomic mass is 14.7. The summed E-state index contributed by atoms with van der Waals surface area (Å²) in [5.74, 6) is 0. The van der Waals surface area contributed by atoms with E-state index in [9.17, 15) is 0 Å². The first kappa shape index (κ1) is 16.6. The van der Waals surface area contributed by atoms with Gasteiger partial charge in [-0.25, -0.2) is 0 Å². The molecule has 0 amide bonds. The van der Waals surface area contributed by atoms with Gasteiger partial charge in [0.2, 0.25) is 0 Å². The maximum absolute atomic E-state index is 4.41. The van der Waals surface area contributed by atoms with Crippen LogP contribution in [0.15, 0.2) is 84.2 Å². The van der Waals surface area contributed by atoms with Gasteiger partial charge in [-0.3, -0.25) is 9.98 Å². The van der Waals surface area contributed by atoms with Crippen molar-refractivity contribution in [3.8, 4) is 0 Å². The van der Waals surface area contributed by atoms with Gasteiger partial charge in [-0.15, -0.1) is 0 Å². The van der Waals surface area contributed by atoms with Crippen molar-refractivity contribution >= 4 is 11.3 Å². The topological polar surface area (TPSA) is 25.2 Å². The molecule has 0 N–H and O–H groups in total. The van der Waals surface area contributed by atoms with Gasteiger partial charge in [0.15, 0.2) is 0 Å². The van der Waals surface area contributed by atoms with Crippen molar-refractivity contribution in [3.63, 3.8) is 0 Å². The van der Waals surface area contributed by atoms with Crippen LogP contribution < -0.4 is 0 Å². The Hall–Kier alpha value is -2.48. The summed E-state index contributed by atoms with van der Waals surface area (Å²) in [7, 11) is 0. The largest absolute Gasteiger partial charge is 0.261 e. The van der Waals surface area contributed by atoms with Gasteiger partial charge in [0.25, 0.3) is 0 Å². The molecule has 21 heavy (non-hydrogen) atoms. The molecule has 0 aliphatic rings. The summed E-state index contributed by atoms with van der Waals surface area (Å²) in [6, 6.07) is 5.91. The molecule has 0 bridgehead atoms. The Balaban J connectivity index is 3.17. The van der Waals surface area contributed by atoms with Gasteiger partial charge in [-0.1, -0.05) is 36.9 Å². The van der Waals surface area contributed by atoms with E-state index in [1.54, 1.807) is 18.5 Å². The number of hydrogen-bond acceptors (Lipinski definition) is 2. The summed E-state index contributed by atoms with van der Waals surface area (Å²) in [6.07, 6.45) is 15.3. The molecule has 108 valence electrons. The molecule has 0 aromatic carbocycles. The van der Waals surface area contributed by atoms with Crippen molar-refractivity contribution in [2.45, 2.75) is 20.8 Å². The Morgan fingerprint density at radius 1 is 1.29 bits per heavy atom. The minimum absolute atomic E-state index is 0.946. The number of nitrogens with zero attached hydrogens (tertiary/aromatic N) is 2. The molecule has 0 saturated heterocycles. The van der Waals surface area contributed by atoms with Crippen LogP contribution in [0.25, 0.3) is 5.57 Å². The SMILES string of the molecule is C=C/C=C\N=C(C)/C(/C=C\C)=C/C(=C\C)c1ccccn1. The van der Waals surface area contributed by atoms with Crippen molar-refractivity contribution in [3.05, 3.63) is 84.9 Å². The van der Waals surface area contributed by atoms with Gasteiger partial charge < -0.3 is 0 Å². The molecular weight excluding hydrogens is 256 g/mol. The fraction of sp³-hybridized carbons (Fsp3) is 0.158. The number of aliphatic imine (C=N–C) groups is 1. The van der Waals surface area contributed by atoms with Gasteiger partial charge in [-0.2, -0.15) is 0 Å². The zero-order chi connectivity index (χ0) is 15.5. The summed E-state index contributed by atoms with van der Waals surface area (Å²) < 4.78 is 0. The van der Waals surface area contributed by atoms with Crippen LogP contribution in [-0.4, -0.2) is 10.7 Å². The number of rotatable bonds is 6. The third-order valence-electron chi connectivity index (χ3n) is 2.84. The van der Waals surface area contributed by atoms with E-state index < -0.39 is 0 Å². The van der Waals surface area contributed by atoms with Crippen LogP contribution in [0.5, 0.6) is 0 Å². The molecule has 1 aromatic rings. The van der Waals surface area contributed by atoms with E-state index in [-0.39, 0.29) is 0 Å². The van der Waals surface area contributed by atoms with E-state index in [1.165, 1.54) is 0 Å². The van der Waals surface area contributed by atoms with E-state index in [2.05, 4.69) is 28.7 Å². The molecule has 2 nitrogen and oxygen atoms in total.